The maximum Gasteiger partial charge on any atom is 0.202 e. The topological polar surface area (TPSA) is 57.1 Å². The zero-order valence-electron chi connectivity index (χ0n) is 12.0. The first kappa shape index (κ1) is 15.5. The van der Waals surface area contributed by atoms with Crippen LogP contribution in [0.15, 0.2) is 48.7 Å². The summed E-state index contributed by atoms with van der Waals surface area (Å²) < 4.78 is 10.9. The van der Waals surface area contributed by atoms with E-state index < -0.39 is 0 Å². The van der Waals surface area contributed by atoms with E-state index in [9.17, 15) is 0 Å². The van der Waals surface area contributed by atoms with Crippen LogP contribution < -0.4 is 9.47 Å². The van der Waals surface area contributed by atoms with Crippen molar-refractivity contribution in [1.82, 2.24) is 15.0 Å². The van der Waals surface area contributed by atoms with Crippen LogP contribution in [-0.4, -0.2) is 22.1 Å². The van der Waals surface area contributed by atoms with Gasteiger partial charge in [0.2, 0.25) is 5.75 Å². The number of hydrogen-bond acceptors (Lipinski definition) is 5. The highest BCUT2D eigenvalue weighted by Crippen LogP contribution is 2.38. The Bertz CT molecular complexity index is 806. The van der Waals surface area contributed by atoms with Crippen LogP contribution in [0.2, 0.25) is 10.3 Å². The lowest BCUT2D eigenvalue weighted by Gasteiger charge is -2.12. The summed E-state index contributed by atoms with van der Waals surface area (Å²) in [5, 5.41) is 0.188. The fourth-order valence-electron chi connectivity index (χ4n) is 1.90. The number of nitrogens with zero attached hydrogens (tertiary/aromatic N) is 3. The molecule has 0 unspecified atom stereocenters. The fourth-order valence-corrected chi connectivity index (χ4v) is 2.37. The van der Waals surface area contributed by atoms with Crippen LogP contribution >= 0.6 is 23.2 Å². The Morgan fingerprint density at radius 1 is 0.870 bits per heavy atom. The molecular formula is C16H11Cl2N3O2. The van der Waals surface area contributed by atoms with Crippen molar-refractivity contribution >= 4 is 23.2 Å². The summed E-state index contributed by atoms with van der Waals surface area (Å²) in [5.74, 6) is 1.51. The van der Waals surface area contributed by atoms with Gasteiger partial charge in [0.05, 0.1) is 7.11 Å². The van der Waals surface area contributed by atoms with E-state index >= 15 is 0 Å². The van der Waals surface area contributed by atoms with Crippen LogP contribution in [0, 0.1) is 0 Å². The summed E-state index contributed by atoms with van der Waals surface area (Å²) in [4.78, 5) is 12.6. The van der Waals surface area contributed by atoms with E-state index in [0.717, 1.165) is 0 Å². The van der Waals surface area contributed by atoms with E-state index in [0.29, 0.717) is 23.0 Å². The second-order valence-corrected chi connectivity index (χ2v) is 5.14. The number of aromatic nitrogens is 3. The van der Waals surface area contributed by atoms with E-state index in [4.69, 9.17) is 32.7 Å². The van der Waals surface area contributed by atoms with Crippen molar-refractivity contribution in [3.8, 4) is 28.8 Å². The molecule has 23 heavy (non-hydrogen) atoms. The Hall–Kier alpha value is -2.37. The van der Waals surface area contributed by atoms with Gasteiger partial charge in [0.1, 0.15) is 5.69 Å². The molecule has 0 aliphatic rings. The molecule has 0 aliphatic carbocycles. The molecule has 2 aromatic heterocycles. The number of ether oxygens (including phenoxy) is 2. The minimum absolute atomic E-state index is 0.0940. The van der Waals surface area contributed by atoms with Gasteiger partial charge in [0.15, 0.2) is 27.6 Å². The van der Waals surface area contributed by atoms with Crippen molar-refractivity contribution in [2.45, 2.75) is 0 Å². The second-order valence-electron chi connectivity index (χ2n) is 4.43. The van der Waals surface area contributed by atoms with E-state index in [1.54, 1.807) is 37.6 Å². The molecule has 5 nitrogen and oxygen atoms in total. The molecule has 0 radical (unpaired) electrons. The number of para-hydroxylation sites is 2. The number of rotatable bonds is 4. The van der Waals surface area contributed by atoms with Crippen LogP contribution in [0.1, 0.15) is 0 Å². The highest BCUT2D eigenvalue weighted by Gasteiger charge is 2.17. The smallest absolute Gasteiger partial charge is 0.202 e. The largest absolute Gasteiger partial charge is 0.493 e. The standard InChI is InChI=1S/C16H11Cl2N3O2/c1-22-11-7-2-3-8-12(11)23-13-14(17)20-16(21-15(13)18)10-6-4-5-9-19-10/h2-9H,1H3. The molecule has 3 rings (SSSR count). The number of halogens is 2. The average molecular weight is 348 g/mol. The van der Waals surface area contributed by atoms with Gasteiger partial charge in [-0.1, -0.05) is 41.4 Å². The zero-order chi connectivity index (χ0) is 16.2. The molecule has 0 amide bonds. The summed E-state index contributed by atoms with van der Waals surface area (Å²) in [6.07, 6.45) is 1.64. The molecule has 0 atom stereocenters. The quantitative estimate of drug-likeness (QED) is 0.643. The molecule has 0 spiro atoms. The van der Waals surface area contributed by atoms with E-state index in [1.165, 1.54) is 0 Å². The van der Waals surface area contributed by atoms with Crippen molar-refractivity contribution in [3.05, 3.63) is 59.0 Å². The molecule has 1 aromatic carbocycles. The number of hydrogen-bond donors (Lipinski definition) is 0. The van der Waals surface area contributed by atoms with Crippen molar-refractivity contribution in [1.29, 1.82) is 0 Å². The molecule has 0 bridgehead atoms. The normalized spacial score (nSPS) is 10.4. The third-order valence-electron chi connectivity index (χ3n) is 2.96. The van der Waals surface area contributed by atoms with Crippen LogP contribution in [0.3, 0.4) is 0 Å². The van der Waals surface area contributed by atoms with E-state index in [2.05, 4.69) is 15.0 Å². The summed E-state index contributed by atoms with van der Waals surface area (Å²) >= 11 is 12.4. The van der Waals surface area contributed by atoms with Gasteiger partial charge in [-0.2, -0.15) is 0 Å². The Morgan fingerprint density at radius 3 is 2.13 bits per heavy atom. The van der Waals surface area contributed by atoms with Gasteiger partial charge in [0.25, 0.3) is 0 Å². The zero-order valence-corrected chi connectivity index (χ0v) is 13.5. The van der Waals surface area contributed by atoms with Gasteiger partial charge in [-0.05, 0) is 24.3 Å². The van der Waals surface area contributed by atoms with Crippen molar-refractivity contribution in [2.24, 2.45) is 0 Å². The number of benzene rings is 1. The Kier molecular flexibility index (Phi) is 4.60. The third-order valence-corrected chi connectivity index (χ3v) is 3.47. The molecular weight excluding hydrogens is 337 g/mol. The number of methoxy groups -OCH3 is 1. The highest BCUT2D eigenvalue weighted by atomic mass is 35.5. The summed E-state index contributed by atoms with van der Waals surface area (Å²) in [6.45, 7) is 0. The van der Waals surface area contributed by atoms with Crippen molar-refractivity contribution < 1.29 is 9.47 Å². The van der Waals surface area contributed by atoms with Gasteiger partial charge >= 0.3 is 0 Å². The molecule has 3 aromatic rings. The van der Waals surface area contributed by atoms with Gasteiger partial charge in [-0.3, -0.25) is 4.98 Å². The van der Waals surface area contributed by atoms with Crippen molar-refractivity contribution in [3.63, 3.8) is 0 Å². The van der Waals surface area contributed by atoms with Gasteiger partial charge in [0, 0.05) is 6.20 Å². The molecule has 0 saturated carbocycles. The SMILES string of the molecule is COc1ccccc1Oc1c(Cl)nc(-c2ccccn2)nc1Cl. The van der Waals surface area contributed by atoms with Crippen LogP contribution in [-0.2, 0) is 0 Å². The lowest BCUT2D eigenvalue weighted by molar-refractivity contribution is 0.378. The maximum absolute atomic E-state index is 6.20. The summed E-state index contributed by atoms with van der Waals surface area (Å²) in [5.41, 5.74) is 0.570. The van der Waals surface area contributed by atoms with Crippen LogP contribution in [0.25, 0.3) is 11.5 Å². The van der Waals surface area contributed by atoms with Gasteiger partial charge < -0.3 is 9.47 Å². The Balaban J connectivity index is 1.98. The molecule has 0 saturated heterocycles. The molecule has 0 N–H and O–H groups in total. The van der Waals surface area contributed by atoms with E-state index in [-0.39, 0.29) is 16.1 Å². The lowest BCUT2D eigenvalue weighted by Crippen LogP contribution is -1.97. The Labute approximate surface area is 142 Å². The molecule has 2 heterocycles. The van der Waals surface area contributed by atoms with Crippen LogP contribution in [0.5, 0.6) is 17.2 Å². The first-order valence-corrected chi connectivity index (χ1v) is 7.40. The van der Waals surface area contributed by atoms with Gasteiger partial charge in [-0.15, -0.1) is 0 Å². The fraction of sp³-hybridized carbons (Fsp3) is 0.0625. The second kappa shape index (κ2) is 6.81. The first-order chi connectivity index (χ1) is 11.2. The monoisotopic (exact) mass is 347 g/mol. The minimum atomic E-state index is 0.0940. The Morgan fingerprint density at radius 2 is 1.52 bits per heavy atom. The number of pyridine rings is 1. The van der Waals surface area contributed by atoms with Crippen molar-refractivity contribution in [2.75, 3.05) is 7.11 Å². The average Bonchev–Trinajstić information content (AvgIpc) is 2.59. The lowest BCUT2D eigenvalue weighted by atomic mass is 10.3. The predicted molar refractivity (Wildman–Crippen MR) is 88.4 cm³/mol. The summed E-state index contributed by atoms with van der Waals surface area (Å²) in [6, 6.07) is 12.5. The van der Waals surface area contributed by atoms with Crippen LogP contribution in [0.4, 0.5) is 0 Å². The third kappa shape index (κ3) is 3.36. The molecule has 0 aliphatic heterocycles. The molecule has 0 fully saturated rings. The summed E-state index contributed by atoms with van der Waals surface area (Å²) in [7, 11) is 1.55. The maximum atomic E-state index is 6.20. The van der Waals surface area contributed by atoms with Gasteiger partial charge in [-0.25, -0.2) is 9.97 Å². The molecule has 7 heteroatoms. The minimum Gasteiger partial charge on any atom is -0.493 e. The first-order valence-electron chi connectivity index (χ1n) is 6.64. The van der Waals surface area contributed by atoms with E-state index in [1.807, 2.05) is 18.2 Å². The highest BCUT2D eigenvalue weighted by molar-refractivity contribution is 6.35. The molecule has 116 valence electrons. The predicted octanol–water partition coefficient (Wildman–Crippen LogP) is 4.65.